The van der Waals surface area contributed by atoms with Crippen LogP contribution in [0.25, 0.3) is 11.8 Å². The van der Waals surface area contributed by atoms with E-state index in [1.807, 2.05) is 11.5 Å². The maximum Gasteiger partial charge on any atom is 0.434 e. The van der Waals surface area contributed by atoms with Crippen LogP contribution in [0.4, 0.5) is 18.9 Å². The van der Waals surface area contributed by atoms with Crippen LogP contribution in [0.3, 0.4) is 0 Å². The van der Waals surface area contributed by atoms with E-state index in [-0.39, 0.29) is 27.2 Å². The second-order valence-electron chi connectivity index (χ2n) is 9.55. The van der Waals surface area contributed by atoms with Gasteiger partial charge in [0.1, 0.15) is 0 Å². The Morgan fingerprint density at radius 1 is 1.16 bits per heavy atom. The van der Waals surface area contributed by atoms with Gasteiger partial charge in [0.2, 0.25) is 0 Å². The van der Waals surface area contributed by atoms with Gasteiger partial charge in [0, 0.05) is 34.2 Å². The molecule has 2 aromatic carbocycles. The summed E-state index contributed by atoms with van der Waals surface area (Å²) in [6.07, 6.45) is -3.47. The predicted molar refractivity (Wildman–Crippen MR) is 154 cm³/mol. The number of thiazole rings is 1. The number of non-ortho nitro benzene ring substituents is 1. The van der Waals surface area contributed by atoms with Gasteiger partial charge in [0.05, 0.1) is 27.7 Å². The molecule has 5 rings (SSSR count). The third-order valence-corrected chi connectivity index (χ3v) is 8.09. The van der Waals surface area contributed by atoms with E-state index in [0.717, 1.165) is 21.6 Å². The van der Waals surface area contributed by atoms with Crippen molar-refractivity contribution in [1.29, 1.82) is 0 Å². The Bertz CT molecular complexity index is 1970. The fraction of sp³-hybridized carbons (Fsp3) is 0.207. The van der Waals surface area contributed by atoms with Crippen molar-refractivity contribution in [2.24, 2.45) is 4.99 Å². The first kappa shape index (κ1) is 30.0. The molecule has 3 heterocycles. The number of nitro benzene ring substituents is 1. The van der Waals surface area contributed by atoms with E-state index in [0.29, 0.717) is 22.0 Å². The molecule has 0 saturated carbocycles. The van der Waals surface area contributed by atoms with Crippen molar-refractivity contribution in [1.82, 2.24) is 9.13 Å². The normalized spacial score (nSPS) is 15.3. The van der Waals surface area contributed by atoms with Gasteiger partial charge < -0.3 is 9.30 Å². The minimum atomic E-state index is -5.02. The van der Waals surface area contributed by atoms with E-state index in [1.165, 1.54) is 43.3 Å². The van der Waals surface area contributed by atoms with Crippen LogP contribution in [-0.4, -0.2) is 32.8 Å². The number of fused-ring (bicyclic) bond motifs is 1. The van der Waals surface area contributed by atoms with Crippen molar-refractivity contribution in [3.05, 3.63) is 123 Å². The molecule has 0 bridgehead atoms. The van der Waals surface area contributed by atoms with Crippen LogP contribution in [0.15, 0.2) is 75.7 Å². The summed E-state index contributed by atoms with van der Waals surface area (Å²) >= 11 is 6.78. The standard InChI is InChI=1S/C29H22ClF3N4O5S/c1-4-42-27(39)23-24(17-5-7-19(30)8-6-17)36-26(38)22(43-28(36)34-25(23)29(31,32)33)14-18-13-15(2)35(16(18)3)20-9-11-21(12-10-20)37(40)41/h5-14,24H,4H2,1-3H3/b22-14-/t24-/m1/s1. The Hall–Kier alpha value is -4.49. The Morgan fingerprint density at radius 3 is 2.40 bits per heavy atom. The van der Waals surface area contributed by atoms with Gasteiger partial charge in [-0.15, -0.1) is 0 Å². The van der Waals surface area contributed by atoms with Crippen molar-refractivity contribution in [2.45, 2.75) is 33.0 Å². The van der Waals surface area contributed by atoms with Gasteiger partial charge >= 0.3 is 12.1 Å². The van der Waals surface area contributed by atoms with Crippen molar-refractivity contribution in [2.75, 3.05) is 6.61 Å². The van der Waals surface area contributed by atoms with Crippen molar-refractivity contribution < 1.29 is 27.6 Å². The number of nitrogens with zero attached hydrogens (tertiary/aromatic N) is 4. The molecule has 0 aliphatic carbocycles. The number of aromatic nitrogens is 2. The number of hydrogen-bond acceptors (Lipinski definition) is 7. The number of hydrogen-bond donors (Lipinski definition) is 0. The van der Waals surface area contributed by atoms with Crippen molar-refractivity contribution in [3.63, 3.8) is 0 Å². The number of rotatable bonds is 6. The van der Waals surface area contributed by atoms with Crippen LogP contribution in [0.5, 0.6) is 0 Å². The largest absolute Gasteiger partial charge is 0.463 e. The highest BCUT2D eigenvalue weighted by Gasteiger charge is 2.45. The summed E-state index contributed by atoms with van der Waals surface area (Å²) in [5.74, 6) is -1.24. The summed E-state index contributed by atoms with van der Waals surface area (Å²) < 4.78 is 50.9. The zero-order chi connectivity index (χ0) is 31.2. The maximum atomic E-state index is 14.3. The van der Waals surface area contributed by atoms with E-state index < -0.39 is 39.9 Å². The molecule has 0 N–H and O–H groups in total. The molecular formula is C29H22ClF3N4O5S. The van der Waals surface area contributed by atoms with Gasteiger partial charge in [-0.2, -0.15) is 13.2 Å². The molecule has 0 fully saturated rings. The number of alkyl halides is 3. The van der Waals surface area contributed by atoms with E-state index >= 15 is 0 Å². The van der Waals surface area contributed by atoms with Crippen LogP contribution in [0.1, 0.15) is 35.5 Å². The molecule has 1 aliphatic rings. The molecule has 2 aromatic heterocycles. The first-order valence-corrected chi connectivity index (χ1v) is 14.0. The van der Waals surface area contributed by atoms with Gasteiger partial charge in [-0.05, 0) is 68.3 Å². The molecule has 222 valence electrons. The highest BCUT2D eigenvalue weighted by atomic mass is 35.5. The molecule has 0 spiro atoms. The number of nitro groups is 1. The molecule has 14 heteroatoms. The molecule has 0 saturated heterocycles. The lowest BCUT2D eigenvalue weighted by molar-refractivity contribution is -0.384. The van der Waals surface area contributed by atoms with Gasteiger partial charge in [0.15, 0.2) is 10.5 Å². The highest BCUT2D eigenvalue weighted by molar-refractivity contribution is 7.07. The average Bonchev–Trinajstić information content (AvgIpc) is 3.41. The molecule has 1 aliphatic heterocycles. The lowest BCUT2D eigenvalue weighted by Gasteiger charge is -2.26. The summed E-state index contributed by atoms with van der Waals surface area (Å²) in [7, 11) is 0. The zero-order valence-corrected chi connectivity index (χ0v) is 24.4. The fourth-order valence-corrected chi connectivity index (χ4v) is 6.11. The summed E-state index contributed by atoms with van der Waals surface area (Å²) in [6.45, 7) is 4.88. The van der Waals surface area contributed by atoms with Crippen LogP contribution in [0.2, 0.25) is 5.02 Å². The Labute approximate surface area is 250 Å². The molecule has 9 nitrogen and oxygen atoms in total. The van der Waals surface area contributed by atoms with Crippen LogP contribution < -0.4 is 14.9 Å². The first-order chi connectivity index (χ1) is 20.3. The monoisotopic (exact) mass is 630 g/mol. The Balaban J connectivity index is 1.72. The second kappa shape index (κ2) is 11.3. The lowest BCUT2D eigenvalue weighted by atomic mass is 9.95. The third-order valence-electron chi connectivity index (χ3n) is 6.86. The smallest absolute Gasteiger partial charge is 0.434 e. The highest BCUT2D eigenvalue weighted by Crippen LogP contribution is 2.38. The number of allylic oxidation sites excluding steroid dienone is 1. The summed E-state index contributed by atoms with van der Waals surface area (Å²) in [6, 6.07) is 12.1. The molecule has 43 heavy (non-hydrogen) atoms. The van der Waals surface area contributed by atoms with Crippen molar-refractivity contribution >= 4 is 40.7 Å². The second-order valence-corrected chi connectivity index (χ2v) is 11.0. The quantitative estimate of drug-likeness (QED) is 0.163. The minimum Gasteiger partial charge on any atom is -0.463 e. The van der Waals surface area contributed by atoms with E-state index in [4.69, 9.17) is 16.3 Å². The minimum absolute atomic E-state index is 0.0665. The number of aryl methyl sites for hydroxylation is 1. The van der Waals surface area contributed by atoms with Gasteiger partial charge in [-0.1, -0.05) is 35.1 Å². The summed E-state index contributed by atoms with van der Waals surface area (Å²) in [4.78, 5) is 40.9. The topological polar surface area (TPSA) is 109 Å². The van der Waals surface area contributed by atoms with Gasteiger partial charge in [-0.25, -0.2) is 9.79 Å². The zero-order valence-electron chi connectivity index (χ0n) is 22.8. The number of carbonyl (C=O) groups is 1. The van der Waals surface area contributed by atoms with E-state index in [1.54, 1.807) is 31.2 Å². The summed E-state index contributed by atoms with van der Waals surface area (Å²) in [5, 5.41) is 11.4. The molecule has 4 aromatic rings. The Kier molecular flexibility index (Phi) is 7.88. The lowest BCUT2D eigenvalue weighted by Crippen LogP contribution is -2.41. The predicted octanol–water partition coefficient (Wildman–Crippen LogP) is 5.31. The number of benzene rings is 2. The molecular weight excluding hydrogens is 609 g/mol. The van der Waals surface area contributed by atoms with Crippen LogP contribution in [0, 0.1) is 24.0 Å². The molecule has 1 atom stereocenters. The van der Waals surface area contributed by atoms with Crippen molar-refractivity contribution in [3.8, 4) is 5.69 Å². The summed E-state index contributed by atoms with van der Waals surface area (Å²) in [5.41, 5.74) is -0.0311. The molecule has 0 unspecified atom stereocenters. The van der Waals surface area contributed by atoms with Crippen LogP contribution in [-0.2, 0) is 9.53 Å². The SMILES string of the molecule is CCOC(=O)C1=C(C(F)(F)F)N=c2s/c(=C\c3cc(C)n(-c4ccc([N+](=O)[O-])cc4)c3C)c(=O)n2[C@@H]1c1ccc(Cl)cc1. The maximum absolute atomic E-state index is 14.3. The van der Waals surface area contributed by atoms with Gasteiger partial charge in [0.25, 0.3) is 11.2 Å². The number of esters is 1. The van der Waals surface area contributed by atoms with E-state index in [2.05, 4.69) is 4.99 Å². The molecule has 0 radical (unpaired) electrons. The van der Waals surface area contributed by atoms with E-state index in [9.17, 15) is 32.9 Å². The average molecular weight is 631 g/mol. The number of carbonyl (C=O) groups excluding carboxylic acids is 1. The first-order valence-electron chi connectivity index (χ1n) is 12.8. The third kappa shape index (κ3) is 5.53. The number of ether oxygens (including phenoxy) is 1. The fourth-order valence-electron chi connectivity index (χ4n) is 5.00. The van der Waals surface area contributed by atoms with Gasteiger partial charge in [-0.3, -0.25) is 19.5 Å². The van der Waals surface area contributed by atoms with Crippen LogP contribution >= 0.6 is 22.9 Å². The molecule has 0 amide bonds. The number of halogens is 4. The Morgan fingerprint density at radius 2 is 1.81 bits per heavy atom.